The fraction of sp³-hybridized carbons (Fsp3) is 0.150. The molecule has 9 heteroatoms. The Morgan fingerprint density at radius 2 is 1.90 bits per heavy atom. The zero-order valence-electron chi connectivity index (χ0n) is 15.1. The number of benzene rings is 1. The number of nitrogens with zero attached hydrogens (tertiary/aromatic N) is 2. The van der Waals surface area contributed by atoms with Crippen LogP contribution in [-0.2, 0) is 11.2 Å². The number of aromatic nitrogens is 2. The normalized spacial score (nSPS) is 12.7. The van der Waals surface area contributed by atoms with Gasteiger partial charge in [0, 0.05) is 27.3 Å². The first-order valence-corrected chi connectivity index (χ1v) is 11.6. The first-order valence-electron chi connectivity index (χ1n) is 8.87. The van der Waals surface area contributed by atoms with Crippen molar-refractivity contribution in [3.05, 3.63) is 51.5 Å². The third kappa shape index (κ3) is 4.02. The van der Waals surface area contributed by atoms with Crippen LogP contribution < -0.4 is 14.8 Å². The van der Waals surface area contributed by atoms with Gasteiger partial charge in [-0.05, 0) is 29.6 Å². The van der Waals surface area contributed by atoms with Crippen LogP contribution in [0.4, 0.5) is 5.13 Å². The molecular formula is C20H15N3O3S3. The van der Waals surface area contributed by atoms with E-state index < -0.39 is 0 Å². The second-order valence-corrected chi connectivity index (χ2v) is 8.77. The van der Waals surface area contributed by atoms with E-state index in [1.807, 2.05) is 40.4 Å². The number of amides is 1. The molecule has 1 aliphatic rings. The minimum atomic E-state index is -0.129. The molecule has 0 bridgehead atoms. The molecule has 1 aromatic carbocycles. The summed E-state index contributed by atoms with van der Waals surface area (Å²) in [5.74, 6) is 1.33. The van der Waals surface area contributed by atoms with E-state index in [1.54, 1.807) is 22.7 Å². The van der Waals surface area contributed by atoms with Gasteiger partial charge in [-0.3, -0.25) is 4.79 Å². The van der Waals surface area contributed by atoms with Crippen molar-refractivity contribution in [2.24, 2.45) is 0 Å². The first-order chi connectivity index (χ1) is 14.2. The van der Waals surface area contributed by atoms with Crippen LogP contribution in [0.25, 0.3) is 21.8 Å². The molecule has 0 aliphatic carbocycles. The number of hydrogen-bond acceptors (Lipinski definition) is 8. The SMILES string of the molecule is O=C(Cc1csc(-c2ccsc2)n1)Nc1nc(-c2ccc3c(c2)OCCO3)cs1. The van der Waals surface area contributed by atoms with Gasteiger partial charge in [0.2, 0.25) is 5.91 Å². The van der Waals surface area contributed by atoms with Crippen LogP contribution in [0.15, 0.2) is 45.8 Å². The molecule has 0 saturated carbocycles. The van der Waals surface area contributed by atoms with E-state index in [9.17, 15) is 4.79 Å². The molecule has 0 unspecified atom stereocenters. The molecule has 3 aromatic heterocycles. The molecule has 0 atom stereocenters. The maximum atomic E-state index is 12.4. The lowest BCUT2D eigenvalue weighted by Gasteiger charge is -2.18. The predicted molar refractivity (Wildman–Crippen MR) is 116 cm³/mol. The van der Waals surface area contributed by atoms with E-state index in [4.69, 9.17) is 9.47 Å². The number of carbonyl (C=O) groups is 1. The first kappa shape index (κ1) is 18.3. The van der Waals surface area contributed by atoms with Gasteiger partial charge in [0.1, 0.15) is 18.2 Å². The molecule has 5 rings (SSSR count). The number of rotatable bonds is 5. The van der Waals surface area contributed by atoms with E-state index in [1.165, 1.54) is 11.3 Å². The van der Waals surface area contributed by atoms with E-state index >= 15 is 0 Å². The Kier molecular flexibility index (Phi) is 5.01. The van der Waals surface area contributed by atoms with Gasteiger partial charge in [-0.25, -0.2) is 9.97 Å². The van der Waals surface area contributed by atoms with Crippen LogP contribution in [0.1, 0.15) is 5.69 Å². The van der Waals surface area contributed by atoms with Crippen molar-refractivity contribution in [3.63, 3.8) is 0 Å². The molecule has 0 fully saturated rings. The minimum absolute atomic E-state index is 0.129. The highest BCUT2D eigenvalue weighted by molar-refractivity contribution is 7.14. The molecule has 4 heterocycles. The number of nitrogens with one attached hydrogen (secondary N) is 1. The summed E-state index contributed by atoms with van der Waals surface area (Å²) in [5, 5.41) is 12.3. The third-order valence-electron chi connectivity index (χ3n) is 4.25. The molecule has 4 aromatic rings. The molecule has 1 aliphatic heterocycles. The van der Waals surface area contributed by atoms with Crippen molar-refractivity contribution in [2.75, 3.05) is 18.5 Å². The summed E-state index contributed by atoms with van der Waals surface area (Å²) in [6.45, 7) is 1.10. The number of carbonyl (C=O) groups excluding carboxylic acids is 1. The Morgan fingerprint density at radius 1 is 1.00 bits per heavy atom. The molecule has 0 saturated heterocycles. The fourth-order valence-electron chi connectivity index (χ4n) is 2.90. The molecule has 1 N–H and O–H groups in total. The number of hydrogen-bond donors (Lipinski definition) is 1. The Balaban J connectivity index is 1.25. The van der Waals surface area contributed by atoms with Gasteiger partial charge >= 0.3 is 0 Å². The summed E-state index contributed by atoms with van der Waals surface area (Å²) < 4.78 is 11.2. The van der Waals surface area contributed by atoms with Gasteiger partial charge in [-0.2, -0.15) is 11.3 Å². The standard InChI is InChI=1S/C20H15N3O3S3/c24-18(8-14-10-28-19(21-14)13-3-6-27-9-13)23-20-22-15(11-29-20)12-1-2-16-17(7-12)26-5-4-25-16/h1-3,6-7,9-11H,4-5,8H2,(H,22,23,24). The minimum Gasteiger partial charge on any atom is -0.486 e. The lowest BCUT2D eigenvalue weighted by molar-refractivity contribution is -0.115. The predicted octanol–water partition coefficient (Wildman–Crippen LogP) is 4.95. The monoisotopic (exact) mass is 441 g/mol. The van der Waals surface area contributed by atoms with Gasteiger partial charge in [0.05, 0.1) is 17.8 Å². The summed E-state index contributed by atoms with van der Waals surface area (Å²) in [4.78, 5) is 21.5. The average molecular weight is 442 g/mol. The van der Waals surface area contributed by atoms with Gasteiger partial charge in [-0.15, -0.1) is 22.7 Å². The van der Waals surface area contributed by atoms with Gasteiger partial charge in [0.25, 0.3) is 0 Å². The van der Waals surface area contributed by atoms with Crippen LogP contribution in [0.3, 0.4) is 0 Å². The lowest BCUT2D eigenvalue weighted by Crippen LogP contribution is -2.15. The van der Waals surface area contributed by atoms with Gasteiger partial charge < -0.3 is 14.8 Å². The zero-order chi connectivity index (χ0) is 19.6. The van der Waals surface area contributed by atoms with Crippen molar-refractivity contribution >= 4 is 45.0 Å². The highest BCUT2D eigenvalue weighted by Gasteiger charge is 2.15. The Bertz CT molecular complexity index is 1150. The van der Waals surface area contributed by atoms with Crippen molar-refractivity contribution < 1.29 is 14.3 Å². The van der Waals surface area contributed by atoms with E-state index in [2.05, 4.69) is 20.7 Å². The summed E-state index contributed by atoms with van der Waals surface area (Å²) in [6, 6.07) is 7.77. The molecule has 1 amide bonds. The highest BCUT2D eigenvalue weighted by atomic mass is 32.1. The van der Waals surface area contributed by atoms with Crippen molar-refractivity contribution in [1.29, 1.82) is 0 Å². The number of thiophene rings is 1. The third-order valence-corrected chi connectivity index (χ3v) is 6.63. The van der Waals surface area contributed by atoms with E-state index in [-0.39, 0.29) is 12.3 Å². The number of fused-ring (bicyclic) bond motifs is 1. The fourth-order valence-corrected chi connectivity index (χ4v) is 5.17. The second-order valence-electron chi connectivity index (χ2n) is 6.28. The van der Waals surface area contributed by atoms with Crippen molar-refractivity contribution in [2.45, 2.75) is 6.42 Å². The van der Waals surface area contributed by atoms with Crippen LogP contribution >= 0.6 is 34.0 Å². The quantitative estimate of drug-likeness (QED) is 0.474. The summed E-state index contributed by atoms with van der Waals surface area (Å²) >= 11 is 4.57. The Hall–Kier alpha value is -2.75. The van der Waals surface area contributed by atoms with E-state index in [0.717, 1.165) is 39.0 Å². The van der Waals surface area contributed by atoms with Crippen molar-refractivity contribution in [1.82, 2.24) is 9.97 Å². The summed E-state index contributed by atoms with van der Waals surface area (Å²) in [6.07, 6.45) is 0.222. The summed E-state index contributed by atoms with van der Waals surface area (Å²) in [7, 11) is 0. The van der Waals surface area contributed by atoms with E-state index in [0.29, 0.717) is 18.3 Å². The molecule has 0 spiro atoms. The number of ether oxygens (including phenoxy) is 2. The second kappa shape index (κ2) is 7.94. The number of thiazole rings is 2. The summed E-state index contributed by atoms with van der Waals surface area (Å²) in [5.41, 5.74) is 3.56. The smallest absolute Gasteiger partial charge is 0.232 e. The molecule has 29 heavy (non-hydrogen) atoms. The maximum absolute atomic E-state index is 12.4. The van der Waals surface area contributed by atoms with Crippen LogP contribution in [0, 0.1) is 0 Å². The van der Waals surface area contributed by atoms with Gasteiger partial charge in [0.15, 0.2) is 16.6 Å². The molecule has 0 radical (unpaired) electrons. The highest BCUT2D eigenvalue weighted by Crippen LogP contribution is 2.35. The number of anilines is 1. The maximum Gasteiger partial charge on any atom is 0.232 e. The van der Waals surface area contributed by atoms with Gasteiger partial charge in [-0.1, -0.05) is 0 Å². The Labute approximate surface area is 178 Å². The largest absolute Gasteiger partial charge is 0.486 e. The average Bonchev–Trinajstić information content (AvgIpc) is 3.49. The van der Waals surface area contributed by atoms with Crippen LogP contribution in [0.5, 0.6) is 11.5 Å². The Morgan fingerprint density at radius 3 is 2.76 bits per heavy atom. The topological polar surface area (TPSA) is 73.3 Å². The van der Waals surface area contributed by atoms with Crippen LogP contribution in [-0.4, -0.2) is 29.1 Å². The molecule has 6 nitrogen and oxygen atoms in total. The van der Waals surface area contributed by atoms with Crippen molar-refractivity contribution in [3.8, 4) is 33.3 Å². The molecule has 146 valence electrons. The zero-order valence-corrected chi connectivity index (χ0v) is 17.5. The van der Waals surface area contributed by atoms with Crippen LogP contribution in [0.2, 0.25) is 0 Å². The lowest BCUT2D eigenvalue weighted by atomic mass is 10.1. The molecular weight excluding hydrogens is 426 g/mol.